The summed E-state index contributed by atoms with van der Waals surface area (Å²) in [4.78, 5) is 0. The topological polar surface area (TPSA) is 0 Å². The molecule has 0 aromatic rings. The van der Waals surface area contributed by atoms with Crippen LogP contribution in [0.15, 0.2) is 23.6 Å². The molecule has 8 aliphatic rings. The predicted octanol–water partition coefficient (Wildman–Crippen LogP) is 19.2. The summed E-state index contributed by atoms with van der Waals surface area (Å²) < 4.78 is 0. The zero-order valence-corrected chi connectivity index (χ0v) is 43.2. The molecule has 0 aliphatic heterocycles. The highest BCUT2D eigenvalue weighted by molar-refractivity contribution is 6.89. The van der Waals surface area contributed by atoms with Gasteiger partial charge in [-0.15, -0.1) is 0 Å². The van der Waals surface area contributed by atoms with Crippen molar-refractivity contribution in [1.82, 2.24) is 0 Å². The smallest absolute Gasteiger partial charge is 0.0866 e. The first-order chi connectivity index (χ1) is 29.1. The molecule has 2 heteroatoms. The highest BCUT2D eigenvalue weighted by Gasteiger charge is 2.54. The Labute approximate surface area is 377 Å². The van der Waals surface area contributed by atoms with E-state index in [0.29, 0.717) is 0 Å². The van der Waals surface area contributed by atoms with Crippen molar-refractivity contribution in [1.29, 1.82) is 0 Å². The van der Waals surface area contributed by atoms with Crippen molar-refractivity contribution in [3.05, 3.63) is 23.6 Å². The molecule has 0 aromatic heterocycles. The lowest BCUT2D eigenvalue weighted by Crippen LogP contribution is -2.51. The lowest BCUT2D eigenvalue weighted by atomic mass is 9.69. The largest absolute Gasteiger partial charge is 0.0971 e. The number of allylic oxidation sites excluding steroid dienone is 2. The Hall–Kier alpha value is -0.0862. The van der Waals surface area contributed by atoms with Gasteiger partial charge in [-0.2, -0.15) is 0 Å². The number of rotatable bonds is 11. The molecule has 0 nitrogen and oxygen atoms in total. The van der Waals surface area contributed by atoms with Crippen LogP contribution in [0.4, 0.5) is 0 Å². The standard InChI is InChI=1S/C58H102Si2/c1-43-13-7-19-53(37-43)59(54-20-8-14-44(2)38-54,55-21-9-15-45(3)39-55)35-33-49-25-29-51(30-26-49)52-31-27-50(28-32-52)34-36-60(56-22-10-16-46(4)40-56,57-23-11-17-47(5)41-57)58-24-12-18-48(6)42-58/h33-36,43-58H,7-32,37-42H2,1-6H3. The average molecular weight is 856 g/mol. The zero-order chi connectivity index (χ0) is 41.7. The van der Waals surface area contributed by atoms with Crippen LogP contribution in [0.2, 0.25) is 33.2 Å². The van der Waals surface area contributed by atoms with Crippen LogP contribution in [-0.4, -0.2) is 16.1 Å². The molecule has 0 bridgehead atoms. The Morgan fingerprint density at radius 2 is 0.483 bits per heavy atom. The molecule has 8 saturated carbocycles. The van der Waals surface area contributed by atoms with Crippen LogP contribution < -0.4 is 0 Å². The first kappa shape index (κ1) is 46.4. The van der Waals surface area contributed by atoms with Crippen LogP contribution >= 0.6 is 0 Å². The van der Waals surface area contributed by atoms with Gasteiger partial charge in [-0.25, -0.2) is 0 Å². The van der Waals surface area contributed by atoms with E-state index in [-0.39, 0.29) is 0 Å². The van der Waals surface area contributed by atoms with Gasteiger partial charge in [-0.05, 0) is 182 Å². The van der Waals surface area contributed by atoms with Crippen molar-refractivity contribution in [2.75, 3.05) is 0 Å². The molecular formula is C58H102Si2. The molecule has 8 fully saturated rings. The minimum absolute atomic E-state index is 0.890. The summed E-state index contributed by atoms with van der Waals surface area (Å²) in [5.74, 6) is 9.67. The van der Waals surface area contributed by atoms with E-state index < -0.39 is 16.1 Å². The molecule has 0 amide bonds. The van der Waals surface area contributed by atoms with E-state index in [1.807, 2.05) is 0 Å². The van der Waals surface area contributed by atoms with Crippen molar-refractivity contribution < 1.29 is 0 Å². The van der Waals surface area contributed by atoms with E-state index in [2.05, 4.69) is 65.1 Å². The van der Waals surface area contributed by atoms with Gasteiger partial charge in [0.25, 0.3) is 0 Å². The van der Waals surface area contributed by atoms with Crippen LogP contribution in [0.1, 0.15) is 247 Å². The third-order valence-electron chi connectivity index (χ3n) is 21.5. The molecule has 342 valence electrons. The first-order valence-corrected chi connectivity index (χ1v) is 33.1. The molecule has 0 heterocycles. The molecule has 8 aliphatic carbocycles. The van der Waals surface area contributed by atoms with Crippen molar-refractivity contribution in [3.8, 4) is 0 Å². The maximum atomic E-state index is 3.21. The highest BCUT2D eigenvalue weighted by atomic mass is 28.3. The lowest BCUT2D eigenvalue weighted by Gasteiger charge is -2.54. The average Bonchev–Trinajstić information content (AvgIpc) is 3.25. The molecule has 60 heavy (non-hydrogen) atoms. The molecule has 12 atom stereocenters. The number of hydrogen-bond acceptors (Lipinski definition) is 0. The van der Waals surface area contributed by atoms with Crippen LogP contribution in [-0.2, 0) is 0 Å². The third kappa shape index (κ3) is 10.8. The summed E-state index contributed by atoms with van der Waals surface area (Å²) in [6.07, 6.45) is 55.5. The Morgan fingerprint density at radius 3 is 0.683 bits per heavy atom. The molecule has 8 rings (SSSR count). The van der Waals surface area contributed by atoms with Crippen LogP contribution in [0, 0.1) is 59.2 Å². The molecular weight excluding hydrogens is 753 g/mol. The summed E-state index contributed by atoms with van der Waals surface area (Å²) in [6, 6.07) is 0. The maximum absolute atomic E-state index is 3.21. The van der Waals surface area contributed by atoms with E-state index in [0.717, 1.165) is 92.4 Å². The predicted molar refractivity (Wildman–Crippen MR) is 269 cm³/mol. The van der Waals surface area contributed by atoms with Gasteiger partial charge in [-0.1, -0.05) is 181 Å². The Balaban J connectivity index is 0.932. The third-order valence-corrected chi connectivity index (χ3v) is 34.6. The van der Waals surface area contributed by atoms with Crippen LogP contribution in [0.25, 0.3) is 0 Å². The number of hydrogen-bond donors (Lipinski definition) is 0. The van der Waals surface area contributed by atoms with E-state index in [9.17, 15) is 0 Å². The second-order valence-electron chi connectivity index (χ2n) is 25.9. The minimum atomic E-state index is -1.61. The fourth-order valence-corrected chi connectivity index (χ4v) is 34.3. The van der Waals surface area contributed by atoms with Gasteiger partial charge in [0.05, 0.1) is 16.1 Å². The van der Waals surface area contributed by atoms with Crippen molar-refractivity contribution >= 4 is 16.1 Å². The normalized spacial score (nSPS) is 46.2. The lowest BCUT2D eigenvalue weighted by molar-refractivity contribution is 0.166. The summed E-state index contributed by atoms with van der Waals surface area (Å²) in [6.45, 7) is 15.8. The minimum Gasteiger partial charge on any atom is -0.0971 e. The molecule has 12 unspecified atom stereocenters. The van der Waals surface area contributed by atoms with E-state index in [1.54, 1.807) is 103 Å². The molecule has 0 N–H and O–H groups in total. The maximum Gasteiger partial charge on any atom is 0.0866 e. The Kier molecular flexibility index (Phi) is 16.6. The quantitative estimate of drug-likeness (QED) is 0.182. The Bertz CT molecular complexity index is 1130. The molecule has 0 saturated heterocycles. The summed E-state index contributed by atoms with van der Waals surface area (Å²) in [7, 11) is -3.22. The van der Waals surface area contributed by atoms with Gasteiger partial charge in [0.1, 0.15) is 0 Å². The van der Waals surface area contributed by atoms with Gasteiger partial charge >= 0.3 is 0 Å². The zero-order valence-electron chi connectivity index (χ0n) is 41.2. The SMILES string of the molecule is CC1CCCC([Si](C=CC2CCC(C3CCC(C=C[Si](C4CCCC(C)C4)(C4CCCC(C)C4)C4CCCC(C)C4)CC3)CC2)(C2CCCC(C)C2)C2CCCC(C)C2)C1. The molecule has 0 aromatic carbocycles. The van der Waals surface area contributed by atoms with Crippen LogP contribution in [0.3, 0.4) is 0 Å². The monoisotopic (exact) mass is 855 g/mol. The Morgan fingerprint density at radius 1 is 0.267 bits per heavy atom. The van der Waals surface area contributed by atoms with E-state index >= 15 is 0 Å². The van der Waals surface area contributed by atoms with Gasteiger partial charge in [0.2, 0.25) is 0 Å². The van der Waals surface area contributed by atoms with E-state index in [1.165, 1.54) is 103 Å². The summed E-state index contributed by atoms with van der Waals surface area (Å²) in [5, 5.41) is 0. The van der Waals surface area contributed by atoms with E-state index in [4.69, 9.17) is 0 Å². The van der Waals surface area contributed by atoms with Crippen molar-refractivity contribution in [3.63, 3.8) is 0 Å². The second kappa shape index (κ2) is 21.5. The molecule has 0 spiro atoms. The van der Waals surface area contributed by atoms with Crippen molar-refractivity contribution in [2.45, 2.75) is 280 Å². The van der Waals surface area contributed by atoms with Crippen LogP contribution in [0.5, 0.6) is 0 Å². The summed E-state index contributed by atoms with van der Waals surface area (Å²) >= 11 is 0. The molecule has 0 radical (unpaired) electrons. The highest BCUT2D eigenvalue weighted by Crippen LogP contribution is 2.61. The van der Waals surface area contributed by atoms with Gasteiger partial charge in [0.15, 0.2) is 0 Å². The summed E-state index contributed by atoms with van der Waals surface area (Å²) in [5.41, 5.74) is 12.9. The second-order valence-corrected chi connectivity index (χ2v) is 35.4. The first-order valence-electron chi connectivity index (χ1n) is 28.5. The van der Waals surface area contributed by atoms with Gasteiger partial charge < -0.3 is 0 Å². The van der Waals surface area contributed by atoms with Gasteiger partial charge in [0, 0.05) is 0 Å². The fourth-order valence-electron chi connectivity index (χ4n) is 18.4. The van der Waals surface area contributed by atoms with Crippen molar-refractivity contribution in [2.24, 2.45) is 59.2 Å². The van der Waals surface area contributed by atoms with Gasteiger partial charge in [-0.3, -0.25) is 0 Å². The fraction of sp³-hybridized carbons (Fsp3) is 0.931.